The van der Waals surface area contributed by atoms with Crippen LogP contribution < -0.4 is 48.7 Å². The number of fused-ring (bicyclic) bond motifs is 2. The molecule has 0 radical (unpaired) electrons. The summed E-state index contributed by atoms with van der Waals surface area (Å²) in [6, 6.07) is 18.4. The van der Waals surface area contributed by atoms with E-state index in [2.05, 4.69) is 52.1 Å². The average molecular weight is 1070 g/mol. The molecule has 0 bridgehead atoms. The molecule has 22 heteroatoms. The van der Waals surface area contributed by atoms with Crippen LogP contribution in [0.2, 0.25) is 0 Å². The van der Waals surface area contributed by atoms with Crippen LogP contribution in [0.5, 0.6) is 0 Å². The van der Waals surface area contributed by atoms with Gasteiger partial charge in [-0.3, -0.25) is 38.7 Å². The van der Waals surface area contributed by atoms with Crippen LogP contribution in [0.3, 0.4) is 0 Å². The number of hydrogen-bond acceptors (Lipinski definition) is 13. The summed E-state index contributed by atoms with van der Waals surface area (Å²) in [5.41, 5.74) is 18.6. The summed E-state index contributed by atoms with van der Waals surface area (Å²) in [6.07, 6.45) is 6.37. The van der Waals surface area contributed by atoms with Crippen LogP contribution in [-0.2, 0) is 50.0 Å². The van der Waals surface area contributed by atoms with Gasteiger partial charge in [-0.15, -0.1) is 0 Å². The number of aromatic nitrogens is 1. The number of benzene rings is 3. The molecule has 11 N–H and O–H groups in total. The Bertz CT molecular complexity index is 2850. The zero-order chi connectivity index (χ0) is 56.1. The van der Waals surface area contributed by atoms with Gasteiger partial charge in [0.05, 0.1) is 17.6 Å². The molecule has 0 saturated heterocycles. The number of carbonyl (C=O) groups excluding carboxylic acids is 8. The van der Waals surface area contributed by atoms with Gasteiger partial charge < -0.3 is 58.3 Å². The molecule has 414 valence electrons. The molecule has 3 heterocycles. The van der Waals surface area contributed by atoms with Gasteiger partial charge in [-0.05, 0) is 96.8 Å². The van der Waals surface area contributed by atoms with Gasteiger partial charge >= 0.3 is 12.1 Å². The number of amidine groups is 1. The molecule has 4 aromatic rings. The first-order chi connectivity index (χ1) is 37.5. The Balaban J connectivity index is 0.913. The zero-order valence-corrected chi connectivity index (χ0v) is 44.6. The van der Waals surface area contributed by atoms with Crippen LogP contribution >= 0.6 is 0 Å². The van der Waals surface area contributed by atoms with Crippen molar-refractivity contribution in [2.75, 3.05) is 49.9 Å². The SMILES string of the molecule is CCCN(CCC)C(=O)C1=Cc2ccc(C(=O)Nc3cnc4c(c3)CN(Cc3ccc(C(=O)NCCNC(=O)OCc5ccc(NC(=O)C(CCCNC(N)=O)NC(=O)C(NC=O)C(C)C)cc5)cc3)CC4)cc2N=C(N)C1. The zero-order valence-electron chi connectivity index (χ0n) is 44.6. The van der Waals surface area contributed by atoms with E-state index >= 15 is 0 Å². The fourth-order valence-corrected chi connectivity index (χ4v) is 8.89. The minimum absolute atomic E-state index is 0.0549. The van der Waals surface area contributed by atoms with E-state index < -0.39 is 36.0 Å². The number of alkyl carbamates (subject to hydrolysis) is 1. The Morgan fingerprint density at radius 3 is 2.21 bits per heavy atom. The highest BCUT2D eigenvalue weighted by Crippen LogP contribution is 2.30. The van der Waals surface area contributed by atoms with Crippen LogP contribution in [0.25, 0.3) is 6.08 Å². The summed E-state index contributed by atoms with van der Waals surface area (Å²) in [6.45, 7) is 11.3. The lowest BCUT2D eigenvalue weighted by Crippen LogP contribution is -2.53. The van der Waals surface area contributed by atoms with E-state index in [1.54, 1.807) is 74.6 Å². The molecule has 1 aromatic heterocycles. The van der Waals surface area contributed by atoms with Crippen molar-refractivity contribution in [1.82, 2.24) is 41.4 Å². The highest BCUT2D eigenvalue weighted by Gasteiger charge is 2.28. The lowest BCUT2D eigenvalue weighted by Gasteiger charge is -2.28. The Morgan fingerprint density at radius 2 is 1.51 bits per heavy atom. The number of aliphatic imine (C=N–C) groups is 1. The topological polar surface area (TPSA) is 314 Å². The highest BCUT2D eigenvalue weighted by molar-refractivity contribution is 6.08. The second kappa shape index (κ2) is 29.0. The first-order valence-corrected chi connectivity index (χ1v) is 26.2. The summed E-state index contributed by atoms with van der Waals surface area (Å²) in [5.74, 6) is -1.68. The third-order valence-electron chi connectivity index (χ3n) is 12.9. The predicted octanol–water partition coefficient (Wildman–Crippen LogP) is 4.62. The van der Waals surface area contributed by atoms with Crippen molar-refractivity contribution >= 4 is 77.0 Å². The van der Waals surface area contributed by atoms with Gasteiger partial charge in [0.1, 0.15) is 24.5 Å². The molecule has 3 aromatic carbocycles. The van der Waals surface area contributed by atoms with Gasteiger partial charge in [-0.1, -0.05) is 58.0 Å². The van der Waals surface area contributed by atoms with E-state index in [0.717, 1.165) is 42.6 Å². The fraction of sp³-hybridized carbons (Fsp3) is 0.393. The first kappa shape index (κ1) is 58.6. The van der Waals surface area contributed by atoms with Gasteiger partial charge in [-0.2, -0.15) is 0 Å². The minimum atomic E-state index is -0.991. The summed E-state index contributed by atoms with van der Waals surface area (Å²) in [7, 11) is 0. The molecule has 0 spiro atoms. The molecule has 0 saturated carbocycles. The fourth-order valence-electron chi connectivity index (χ4n) is 8.89. The Hall–Kier alpha value is -8.66. The molecule has 22 nitrogen and oxygen atoms in total. The van der Waals surface area contributed by atoms with E-state index in [1.807, 2.05) is 43.0 Å². The molecule has 9 amide bonds. The molecule has 2 unspecified atom stereocenters. The van der Waals surface area contributed by atoms with Crippen molar-refractivity contribution in [1.29, 1.82) is 0 Å². The Morgan fingerprint density at radius 1 is 0.808 bits per heavy atom. The largest absolute Gasteiger partial charge is 0.445 e. The van der Waals surface area contributed by atoms with Crippen molar-refractivity contribution in [2.24, 2.45) is 22.4 Å². The normalized spacial score (nSPS) is 13.6. The van der Waals surface area contributed by atoms with Crippen molar-refractivity contribution in [3.05, 3.63) is 124 Å². The number of urea groups is 1. The van der Waals surface area contributed by atoms with Crippen molar-refractivity contribution in [3.63, 3.8) is 0 Å². The minimum Gasteiger partial charge on any atom is -0.445 e. The van der Waals surface area contributed by atoms with Crippen LogP contribution in [0.1, 0.15) is 108 Å². The molecule has 78 heavy (non-hydrogen) atoms. The van der Waals surface area contributed by atoms with Gasteiger partial charge in [0, 0.05) is 98.8 Å². The third kappa shape index (κ3) is 17.4. The third-order valence-corrected chi connectivity index (χ3v) is 12.9. The second-order valence-corrected chi connectivity index (χ2v) is 19.4. The molecule has 2 aliphatic heterocycles. The quantitative estimate of drug-likeness (QED) is 0.0308. The number of carbonyl (C=O) groups is 8. The van der Waals surface area contributed by atoms with Crippen LogP contribution in [0, 0.1) is 5.92 Å². The summed E-state index contributed by atoms with van der Waals surface area (Å²) >= 11 is 0. The number of nitrogens with one attached hydrogen (secondary N) is 7. The number of ether oxygens (including phenoxy) is 1. The lowest BCUT2D eigenvalue weighted by molar-refractivity contribution is -0.130. The van der Waals surface area contributed by atoms with Crippen LogP contribution in [-0.4, -0.2) is 120 Å². The smallest absolute Gasteiger partial charge is 0.407 e. The number of hydrogen-bond donors (Lipinski definition) is 9. The van der Waals surface area contributed by atoms with Gasteiger partial charge in [0.2, 0.25) is 24.1 Å². The van der Waals surface area contributed by atoms with Gasteiger partial charge in [0.15, 0.2) is 0 Å². The summed E-state index contributed by atoms with van der Waals surface area (Å²) in [5, 5.41) is 18.7. The molecular weight excluding hydrogens is 999 g/mol. The number of amides is 9. The summed E-state index contributed by atoms with van der Waals surface area (Å²) in [4.78, 5) is 114. The number of pyridine rings is 1. The number of nitrogens with zero attached hydrogens (tertiary/aromatic N) is 4. The molecule has 2 aliphatic rings. The second-order valence-electron chi connectivity index (χ2n) is 19.4. The van der Waals surface area contributed by atoms with Crippen molar-refractivity contribution in [2.45, 2.75) is 98.0 Å². The molecule has 0 fully saturated rings. The van der Waals surface area contributed by atoms with Crippen molar-refractivity contribution in [3.8, 4) is 0 Å². The predicted molar refractivity (Wildman–Crippen MR) is 296 cm³/mol. The van der Waals surface area contributed by atoms with E-state index in [0.29, 0.717) is 89.7 Å². The van der Waals surface area contributed by atoms with Crippen LogP contribution in [0.15, 0.2) is 89.6 Å². The number of nitrogens with two attached hydrogens (primary N) is 2. The van der Waals surface area contributed by atoms with Crippen LogP contribution in [0.4, 0.5) is 26.7 Å². The number of anilines is 2. The maximum Gasteiger partial charge on any atom is 0.407 e. The molecule has 2 atom stereocenters. The van der Waals surface area contributed by atoms with E-state index in [1.165, 1.54) is 0 Å². The average Bonchev–Trinajstić information content (AvgIpc) is 3.60. The Labute approximate surface area is 454 Å². The highest BCUT2D eigenvalue weighted by atomic mass is 16.5. The van der Waals surface area contributed by atoms with Crippen molar-refractivity contribution < 1.29 is 43.1 Å². The first-order valence-electron chi connectivity index (χ1n) is 26.2. The molecule has 6 rings (SSSR count). The standard InChI is InChI=1S/C56H71N13O9/c1-5-23-69(24-6-2)54(75)41-26-39-15-16-40(28-47(39)66-48(57)29-41)51(72)65-44-27-42-32-68(25-19-45(42)62-30-44)31-36-9-13-38(14-10-36)50(71)59-21-22-61-56(77)78-33-37-11-17-43(18-12-37)64-52(73)46(8-7-20-60-55(58)76)67-53(74)49(35(3)4)63-34-70/h9-18,26-28,30,34-35,46,49H,5-8,19-25,29,31-33H2,1-4H3,(H2,57,66)(H,59,71)(H,61,77)(H,63,70)(H,64,73)(H,65,72)(H,67,74)(H3,58,60,76). The Kier molecular flexibility index (Phi) is 21.8. The van der Waals surface area contributed by atoms with E-state index in [4.69, 9.17) is 16.2 Å². The number of rotatable bonds is 26. The number of primary amides is 1. The summed E-state index contributed by atoms with van der Waals surface area (Å²) < 4.78 is 5.32. The van der Waals surface area contributed by atoms with Gasteiger partial charge in [0.25, 0.3) is 11.8 Å². The monoisotopic (exact) mass is 1070 g/mol. The molecule has 0 aliphatic carbocycles. The maximum atomic E-state index is 13.5. The van der Waals surface area contributed by atoms with E-state index in [-0.39, 0.29) is 62.7 Å². The maximum absolute atomic E-state index is 13.5. The van der Waals surface area contributed by atoms with Gasteiger partial charge in [-0.25, -0.2) is 14.6 Å². The molecular formula is C56H71N13O9. The van der Waals surface area contributed by atoms with E-state index in [9.17, 15) is 38.4 Å². The lowest BCUT2D eigenvalue weighted by atomic mass is 10.0.